The van der Waals surface area contributed by atoms with Crippen LogP contribution in [0.1, 0.15) is 25.5 Å². The van der Waals surface area contributed by atoms with Gasteiger partial charge in [0.1, 0.15) is 17.5 Å². The molecule has 1 aromatic rings. The van der Waals surface area contributed by atoms with Gasteiger partial charge in [0.05, 0.1) is 11.0 Å². The highest BCUT2D eigenvalue weighted by molar-refractivity contribution is 5.47. The number of benzene rings is 1. The van der Waals surface area contributed by atoms with Gasteiger partial charge in [-0.3, -0.25) is 10.1 Å². The van der Waals surface area contributed by atoms with Gasteiger partial charge in [-0.15, -0.1) is 0 Å². The molecule has 2 atom stereocenters. The smallest absolute Gasteiger partial charge is 0.270 e. The molecule has 0 spiro atoms. The van der Waals surface area contributed by atoms with Gasteiger partial charge < -0.3 is 15.2 Å². The van der Waals surface area contributed by atoms with Crippen molar-refractivity contribution < 1.29 is 14.8 Å². The highest BCUT2D eigenvalue weighted by Crippen LogP contribution is 2.40. The second-order valence-electron chi connectivity index (χ2n) is 4.90. The zero-order valence-corrected chi connectivity index (χ0v) is 10.5. The normalized spacial score (nSPS) is 25.1. The molecule has 0 aromatic heterocycles. The molecule has 0 bridgehead atoms. The second-order valence-corrected chi connectivity index (χ2v) is 4.90. The van der Waals surface area contributed by atoms with Crippen molar-refractivity contribution in [3.05, 3.63) is 33.9 Å². The van der Waals surface area contributed by atoms with Gasteiger partial charge >= 0.3 is 0 Å². The molecule has 0 unspecified atom stereocenters. The van der Waals surface area contributed by atoms with Crippen molar-refractivity contribution in [1.82, 2.24) is 5.32 Å². The summed E-state index contributed by atoms with van der Waals surface area (Å²) in [5, 5.41) is 24.0. The van der Waals surface area contributed by atoms with E-state index in [2.05, 4.69) is 5.32 Å². The first kappa shape index (κ1) is 12.8. The predicted molar refractivity (Wildman–Crippen MR) is 65.6 cm³/mol. The van der Waals surface area contributed by atoms with Crippen molar-refractivity contribution in [3.63, 3.8) is 0 Å². The Morgan fingerprint density at radius 2 is 2.17 bits per heavy atom. The Balaban J connectivity index is 2.53. The number of hydrogen-bond donors (Lipinski definition) is 2. The summed E-state index contributed by atoms with van der Waals surface area (Å²) in [6.45, 7) is 3.57. The van der Waals surface area contributed by atoms with Gasteiger partial charge in [0, 0.05) is 17.7 Å². The number of nitro benzene ring substituents is 1. The van der Waals surface area contributed by atoms with E-state index in [4.69, 9.17) is 4.74 Å². The van der Waals surface area contributed by atoms with Gasteiger partial charge in [0.2, 0.25) is 0 Å². The average Bonchev–Trinajstić information content (AvgIpc) is 2.30. The van der Waals surface area contributed by atoms with E-state index in [0.29, 0.717) is 11.3 Å². The maximum absolute atomic E-state index is 10.8. The molecule has 18 heavy (non-hydrogen) atoms. The fraction of sp³-hybridized carbons (Fsp3) is 0.500. The van der Waals surface area contributed by atoms with E-state index in [9.17, 15) is 15.2 Å². The maximum atomic E-state index is 10.8. The average molecular weight is 252 g/mol. The second kappa shape index (κ2) is 4.22. The SMILES string of the molecule is CN[C@@H]1c2cc([N+](=O)[O-])ccc2OC(C)(C)[C@H]1O. The van der Waals surface area contributed by atoms with Gasteiger partial charge in [-0.25, -0.2) is 0 Å². The molecule has 2 N–H and O–H groups in total. The van der Waals surface area contributed by atoms with Crippen LogP contribution in [0.3, 0.4) is 0 Å². The van der Waals surface area contributed by atoms with E-state index in [1.807, 2.05) is 0 Å². The minimum Gasteiger partial charge on any atom is -0.485 e. The fourth-order valence-corrected chi connectivity index (χ4v) is 2.21. The standard InChI is InChI=1S/C12H16N2O4/c1-12(2)11(15)10(13-3)8-6-7(14(16)17)4-5-9(8)18-12/h4-6,10-11,13,15H,1-3H3/t10-,11+/m1/s1. The number of likely N-dealkylation sites (N-methyl/N-ethyl adjacent to an activating group) is 1. The van der Waals surface area contributed by atoms with Crippen LogP contribution in [0.15, 0.2) is 18.2 Å². The number of rotatable bonds is 2. The fourth-order valence-electron chi connectivity index (χ4n) is 2.21. The summed E-state index contributed by atoms with van der Waals surface area (Å²) >= 11 is 0. The molecule has 0 radical (unpaired) electrons. The molecule has 1 heterocycles. The number of nitrogens with one attached hydrogen (secondary N) is 1. The van der Waals surface area contributed by atoms with Gasteiger partial charge in [-0.1, -0.05) is 0 Å². The number of nitrogens with zero attached hydrogens (tertiary/aromatic N) is 1. The summed E-state index contributed by atoms with van der Waals surface area (Å²) in [6, 6.07) is 4.03. The molecule has 0 saturated carbocycles. The number of aliphatic hydroxyl groups excluding tert-OH is 1. The lowest BCUT2D eigenvalue weighted by Crippen LogP contribution is -2.51. The van der Waals surface area contributed by atoms with Gasteiger partial charge in [0.15, 0.2) is 0 Å². The van der Waals surface area contributed by atoms with Crippen molar-refractivity contribution in [2.75, 3.05) is 7.05 Å². The van der Waals surface area contributed by atoms with Crippen LogP contribution in [-0.2, 0) is 0 Å². The third-order valence-corrected chi connectivity index (χ3v) is 3.25. The van der Waals surface area contributed by atoms with Crippen LogP contribution in [0.4, 0.5) is 5.69 Å². The van der Waals surface area contributed by atoms with Crippen molar-refractivity contribution in [1.29, 1.82) is 0 Å². The molecule has 0 aliphatic carbocycles. The van der Waals surface area contributed by atoms with Gasteiger partial charge in [0.25, 0.3) is 5.69 Å². The first-order chi connectivity index (χ1) is 8.36. The van der Waals surface area contributed by atoms with E-state index in [1.165, 1.54) is 12.1 Å². The summed E-state index contributed by atoms with van der Waals surface area (Å²) in [7, 11) is 1.71. The Bertz CT molecular complexity index is 487. The van der Waals surface area contributed by atoms with E-state index in [-0.39, 0.29) is 11.7 Å². The molecule has 1 aliphatic rings. The summed E-state index contributed by atoms with van der Waals surface area (Å²) < 4.78 is 5.69. The lowest BCUT2D eigenvalue weighted by atomic mass is 9.86. The zero-order chi connectivity index (χ0) is 13.5. The van der Waals surface area contributed by atoms with Crippen LogP contribution in [-0.4, -0.2) is 28.8 Å². The van der Waals surface area contributed by atoms with Crippen LogP contribution < -0.4 is 10.1 Å². The van der Waals surface area contributed by atoms with Crippen LogP contribution in [0.2, 0.25) is 0 Å². The third-order valence-electron chi connectivity index (χ3n) is 3.25. The molecule has 1 aliphatic heterocycles. The number of aliphatic hydroxyl groups is 1. The summed E-state index contributed by atoms with van der Waals surface area (Å²) in [4.78, 5) is 10.3. The lowest BCUT2D eigenvalue weighted by molar-refractivity contribution is -0.385. The molecule has 2 rings (SSSR count). The number of ether oxygens (including phenoxy) is 1. The number of fused-ring (bicyclic) bond motifs is 1. The predicted octanol–water partition coefficient (Wildman–Crippen LogP) is 1.39. The lowest BCUT2D eigenvalue weighted by Gasteiger charge is -2.41. The minimum atomic E-state index is -0.781. The Labute approximate surface area is 105 Å². The minimum absolute atomic E-state index is 0.00972. The topological polar surface area (TPSA) is 84.6 Å². The summed E-state index contributed by atoms with van der Waals surface area (Å²) in [5.74, 6) is 0.565. The highest BCUT2D eigenvalue weighted by Gasteiger charge is 2.42. The van der Waals surface area contributed by atoms with Crippen LogP contribution in [0.5, 0.6) is 5.75 Å². The Hall–Kier alpha value is -1.66. The van der Waals surface area contributed by atoms with E-state index in [0.717, 1.165) is 0 Å². The van der Waals surface area contributed by atoms with Crippen molar-refractivity contribution in [2.24, 2.45) is 0 Å². The van der Waals surface area contributed by atoms with Crippen LogP contribution in [0.25, 0.3) is 0 Å². The monoisotopic (exact) mass is 252 g/mol. The summed E-state index contributed by atoms with van der Waals surface area (Å²) in [6.07, 6.45) is -0.781. The molecular weight excluding hydrogens is 236 g/mol. The van der Waals surface area contributed by atoms with Crippen LogP contribution in [0, 0.1) is 10.1 Å². The third kappa shape index (κ3) is 1.93. The zero-order valence-electron chi connectivity index (χ0n) is 10.5. The first-order valence-electron chi connectivity index (χ1n) is 5.69. The quantitative estimate of drug-likeness (QED) is 0.613. The van der Waals surface area contributed by atoms with Gasteiger partial charge in [-0.2, -0.15) is 0 Å². The largest absolute Gasteiger partial charge is 0.485 e. The Kier molecular flexibility index (Phi) is 3.00. The molecule has 0 saturated heterocycles. The Morgan fingerprint density at radius 3 is 2.72 bits per heavy atom. The molecule has 1 aromatic carbocycles. The first-order valence-corrected chi connectivity index (χ1v) is 5.69. The molecule has 6 nitrogen and oxygen atoms in total. The van der Waals surface area contributed by atoms with Crippen LogP contribution >= 0.6 is 0 Å². The molecule has 0 fully saturated rings. The number of nitro groups is 1. The molecule has 6 heteroatoms. The Morgan fingerprint density at radius 1 is 1.50 bits per heavy atom. The van der Waals surface area contributed by atoms with Crippen molar-refractivity contribution >= 4 is 5.69 Å². The van der Waals surface area contributed by atoms with E-state index >= 15 is 0 Å². The van der Waals surface area contributed by atoms with Crippen molar-refractivity contribution in [2.45, 2.75) is 31.6 Å². The maximum Gasteiger partial charge on any atom is 0.270 e. The van der Waals surface area contributed by atoms with E-state index in [1.54, 1.807) is 27.0 Å². The highest BCUT2D eigenvalue weighted by atomic mass is 16.6. The number of hydrogen-bond acceptors (Lipinski definition) is 5. The summed E-state index contributed by atoms with van der Waals surface area (Å²) in [5.41, 5.74) is -0.139. The molecule has 0 amide bonds. The van der Waals surface area contributed by atoms with Gasteiger partial charge in [-0.05, 0) is 27.0 Å². The molecule has 98 valence electrons. The van der Waals surface area contributed by atoms with E-state index < -0.39 is 16.6 Å². The van der Waals surface area contributed by atoms with Crippen molar-refractivity contribution in [3.8, 4) is 5.75 Å². The molecular formula is C12H16N2O4. The number of non-ortho nitro benzene ring substituents is 1.